The molecular weight excluding hydrogens is 218 g/mol. The molecule has 1 saturated carbocycles. The number of rotatable bonds is 8. The summed E-state index contributed by atoms with van der Waals surface area (Å²) in [5.74, 6) is 0.637. The molecule has 100 valence electrons. The van der Waals surface area contributed by atoms with Crippen LogP contribution in [0.4, 0.5) is 4.79 Å². The lowest BCUT2D eigenvalue weighted by atomic mass is 10.4. The summed E-state index contributed by atoms with van der Waals surface area (Å²) in [4.78, 5) is 13.7. The van der Waals surface area contributed by atoms with Gasteiger partial charge in [-0.05, 0) is 25.3 Å². The number of urea groups is 1. The summed E-state index contributed by atoms with van der Waals surface area (Å²) >= 11 is 0. The van der Waals surface area contributed by atoms with Crippen LogP contribution in [0.2, 0.25) is 0 Å². The maximum atomic E-state index is 11.4. The molecule has 1 fully saturated rings. The standard InChI is InChI=1S/C12H25N3O2/c1-3-15(6-4-8-16)7-5-13-12(17)14-11-9-10(11)2/h10-11,16H,3-9H2,1-2H3,(H2,13,14,17). The summed E-state index contributed by atoms with van der Waals surface area (Å²) in [6.45, 7) is 7.78. The van der Waals surface area contributed by atoms with E-state index in [1.807, 2.05) is 0 Å². The normalized spacial score (nSPS) is 22.6. The van der Waals surface area contributed by atoms with E-state index in [0.717, 1.165) is 32.5 Å². The van der Waals surface area contributed by atoms with Gasteiger partial charge in [0.1, 0.15) is 0 Å². The van der Waals surface area contributed by atoms with Crippen LogP contribution >= 0.6 is 0 Å². The Hall–Kier alpha value is -0.810. The van der Waals surface area contributed by atoms with E-state index in [1.54, 1.807) is 0 Å². The Bertz CT molecular complexity index is 236. The molecule has 0 aromatic rings. The Morgan fingerprint density at radius 3 is 2.71 bits per heavy atom. The van der Waals surface area contributed by atoms with Crippen LogP contribution in [0.15, 0.2) is 0 Å². The summed E-state index contributed by atoms with van der Waals surface area (Å²) in [7, 11) is 0. The van der Waals surface area contributed by atoms with Crippen molar-refractivity contribution in [3.8, 4) is 0 Å². The van der Waals surface area contributed by atoms with Crippen molar-refractivity contribution in [3.63, 3.8) is 0 Å². The van der Waals surface area contributed by atoms with Gasteiger partial charge in [-0.2, -0.15) is 0 Å². The predicted octanol–water partition coefficient (Wildman–Crippen LogP) is 0.398. The fraction of sp³-hybridized carbons (Fsp3) is 0.917. The third kappa shape index (κ3) is 5.89. The monoisotopic (exact) mass is 243 g/mol. The molecule has 1 rings (SSSR count). The molecule has 0 bridgehead atoms. The number of aliphatic hydroxyl groups is 1. The first-order chi connectivity index (χ1) is 8.17. The minimum atomic E-state index is -0.0578. The Balaban J connectivity index is 2.02. The first kappa shape index (κ1) is 14.3. The van der Waals surface area contributed by atoms with Gasteiger partial charge < -0.3 is 20.6 Å². The zero-order valence-corrected chi connectivity index (χ0v) is 10.9. The summed E-state index contributed by atoms with van der Waals surface area (Å²) in [5, 5.41) is 14.5. The number of nitrogens with zero attached hydrogens (tertiary/aromatic N) is 1. The summed E-state index contributed by atoms with van der Waals surface area (Å²) in [6, 6.07) is 0.323. The Morgan fingerprint density at radius 2 is 2.18 bits per heavy atom. The number of carbonyl (C=O) groups is 1. The van der Waals surface area contributed by atoms with Crippen LogP contribution < -0.4 is 10.6 Å². The molecule has 1 aliphatic rings. The second-order valence-electron chi connectivity index (χ2n) is 4.73. The van der Waals surface area contributed by atoms with Crippen LogP contribution in [0, 0.1) is 5.92 Å². The van der Waals surface area contributed by atoms with Gasteiger partial charge in [-0.15, -0.1) is 0 Å². The van der Waals surface area contributed by atoms with Crippen LogP contribution in [-0.2, 0) is 0 Å². The van der Waals surface area contributed by atoms with Crippen LogP contribution in [-0.4, -0.2) is 54.9 Å². The van der Waals surface area contributed by atoms with Crippen molar-refractivity contribution < 1.29 is 9.90 Å². The summed E-state index contributed by atoms with van der Waals surface area (Å²) in [5.41, 5.74) is 0. The van der Waals surface area contributed by atoms with Gasteiger partial charge in [-0.3, -0.25) is 0 Å². The lowest BCUT2D eigenvalue weighted by Crippen LogP contribution is -2.41. The van der Waals surface area contributed by atoms with E-state index in [0.29, 0.717) is 18.5 Å². The molecule has 1 aliphatic carbocycles. The highest BCUT2D eigenvalue weighted by molar-refractivity contribution is 5.74. The van der Waals surface area contributed by atoms with E-state index in [4.69, 9.17) is 5.11 Å². The molecule has 5 heteroatoms. The van der Waals surface area contributed by atoms with E-state index in [2.05, 4.69) is 29.4 Å². The predicted molar refractivity (Wildman–Crippen MR) is 67.9 cm³/mol. The fourth-order valence-electron chi connectivity index (χ4n) is 1.79. The van der Waals surface area contributed by atoms with Crippen LogP contribution in [0.3, 0.4) is 0 Å². The third-order valence-electron chi connectivity index (χ3n) is 3.22. The first-order valence-corrected chi connectivity index (χ1v) is 6.55. The van der Waals surface area contributed by atoms with Crippen LogP contribution in [0.1, 0.15) is 26.7 Å². The maximum Gasteiger partial charge on any atom is 0.315 e. The number of hydrogen-bond donors (Lipinski definition) is 3. The minimum absolute atomic E-state index is 0.0578. The van der Waals surface area contributed by atoms with Crippen molar-refractivity contribution in [3.05, 3.63) is 0 Å². The molecular formula is C12H25N3O2. The van der Waals surface area contributed by atoms with E-state index in [9.17, 15) is 4.79 Å². The number of nitrogens with one attached hydrogen (secondary N) is 2. The molecule has 17 heavy (non-hydrogen) atoms. The van der Waals surface area contributed by atoms with Gasteiger partial charge >= 0.3 is 6.03 Å². The van der Waals surface area contributed by atoms with Crippen molar-refractivity contribution in [2.24, 2.45) is 5.92 Å². The first-order valence-electron chi connectivity index (χ1n) is 6.55. The molecule has 5 nitrogen and oxygen atoms in total. The van der Waals surface area contributed by atoms with E-state index in [-0.39, 0.29) is 12.6 Å². The molecule has 3 N–H and O–H groups in total. The van der Waals surface area contributed by atoms with Crippen LogP contribution in [0.5, 0.6) is 0 Å². The van der Waals surface area contributed by atoms with Crippen LogP contribution in [0.25, 0.3) is 0 Å². The number of aliphatic hydroxyl groups excluding tert-OH is 1. The van der Waals surface area contributed by atoms with Crippen molar-refractivity contribution in [2.75, 3.05) is 32.8 Å². The molecule has 0 spiro atoms. The Labute approximate surface area is 104 Å². The molecule has 0 radical (unpaired) electrons. The largest absolute Gasteiger partial charge is 0.396 e. The number of amides is 2. The highest BCUT2D eigenvalue weighted by Gasteiger charge is 2.33. The molecule has 0 aliphatic heterocycles. The summed E-state index contributed by atoms with van der Waals surface area (Å²) in [6.07, 6.45) is 1.89. The van der Waals surface area contributed by atoms with Crippen molar-refractivity contribution in [1.29, 1.82) is 0 Å². The zero-order valence-electron chi connectivity index (χ0n) is 10.9. The average Bonchev–Trinajstić information content (AvgIpc) is 2.99. The molecule has 0 heterocycles. The molecule has 0 aromatic heterocycles. The van der Waals surface area contributed by atoms with E-state index < -0.39 is 0 Å². The number of hydrogen-bond acceptors (Lipinski definition) is 3. The quantitative estimate of drug-likeness (QED) is 0.578. The molecule has 2 amide bonds. The number of likely N-dealkylation sites (N-methyl/N-ethyl adjacent to an activating group) is 1. The summed E-state index contributed by atoms with van der Waals surface area (Å²) < 4.78 is 0. The third-order valence-corrected chi connectivity index (χ3v) is 3.22. The van der Waals surface area contributed by atoms with E-state index in [1.165, 1.54) is 0 Å². The van der Waals surface area contributed by atoms with Crippen molar-refractivity contribution >= 4 is 6.03 Å². The molecule has 2 unspecified atom stereocenters. The van der Waals surface area contributed by atoms with E-state index >= 15 is 0 Å². The van der Waals surface area contributed by atoms with Gasteiger partial charge in [0, 0.05) is 32.3 Å². The Kier molecular flexibility index (Phi) is 6.29. The fourth-order valence-corrected chi connectivity index (χ4v) is 1.79. The average molecular weight is 243 g/mol. The minimum Gasteiger partial charge on any atom is -0.396 e. The lowest BCUT2D eigenvalue weighted by molar-refractivity contribution is 0.223. The topological polar surface area (TPSA) is 64.6 Å². The highest BCUT2D eigenvalue weighted by atomic mass is 16.3. The second-order valence-corrected chi connectivity index (χ2v) is 4.73. The zero-order chi connectivity index (χ0) is 12.7. The van der Waals surface area contributed by atoms with Gasteiger partial charge in [0.15, 0.2) is 0 Å². The molecule has 0 saturated heterocycles. The van der Waals surface area contributed by atoms with Gasteiger partial charge in [0.2, 0.25) is 0 Å². The number of carbonyl (C=O) groups excluding carboxylic acids is 1. The van der Waals surface area contributed by atoms with Gasteiger partial charge in [-0.1, -0.05) is 13.8 Å². The van der Waals surface area contributed by atoms with Gasteiger partial charge in [0.25, 0.3) is 0 Å². The second kappa shape index (κ2) is 7.50. The highest BCUT2D eigenvalue weighted by Crippen LogP contribution is 2.28. The van der Waals surface area contributed by atoms with Gasteiger partial charge in [0.05, 0.1) is 0 Å². The smallest absolute Gasteiger partial charge is 0.315 e. The van der Waals surface area contributed by atoms with Crippen molar-refractivity contribution in [1.82, 2.24) is 15.5 Å². The lowest BCUT2D eigenvalue weighted by Gasteiger charge is -2.20. The molecule has 0 aromatic carbocycles. The Morgan fingerprint density at radius 1 is 1.47 bits per heavy atom. The SMILES string of the molecule is CCN(CCCO)CCNC(=O)NC1CC1C. The maximum absolute atomic E-state index is 11.4. The van der Waals surface area contributed by atoms with Crippen molar-refractivity contribution in [2.45, 2.75) is 32.7 Å². The molecule has 2 atom stereocenters. The van der Waals surface area contributed by atoms with Gasteiger partial charge in [-0.25, -0.2) is 4.79 Å².